The second-order valence-electron chi connectivity index (χ2n) is 5.60. The van der Waals surface area contributed by atoms with Gasteiger partial charge in [0.25, 0.3) is 5.91 Å². The van der Waals surface area contributed by atoms with E-state index in [1.165, 1.54) is 12.1 Å². The van der Waals surface area contributed by atoms with Gasteiger partial charge in [0, 0.05) is 16.8 Å². The first-order valence-electron chi connectivity index (χ1n) is 7.89. The summed E-state index contributed by atoms with van der Waals surface area (Å²) in [5.74, 6) is 1.29. The first-order chi connectivity index (χ1) is 12.6. The number of rotatable bonds is 4. The molecule has 0 radical (unpaired) electrons. The van der Waals surface area contributed by atoms with Crippen molar-refractivity contribution < 1.29 is 14.7 Å². The zero-order chi connectivity index (χ0) is 18.5. The minimum atomic E-state index is -0.988. The molecular formula is C22H15NO3. The molecule has 0 spiro atoms. The van der Waals surface area contributed by atoms with Crippen LogP contribution in [0.2, 0.25) is 0 Å². The van der Waals surface area contributed by atoms with E-state index in [0.717, 1.165) is 16.7 Å². The molecule has 0 bridgehead atoms. The van der Waals surface area contributed by atoms with Crippen LogP contribution in [-0.2, 0) is 0 Å². The molecule has 0 heterocycles. The number of terminal acetylenes is 1. The minimum absolute atomic E-state index is 0.198. The molecule has 26 heavy (non-hydrogen) atoms. The molecule has 0 aliphatic rings. The molecule has 0 saturated heterocycles. The summed E-state index contributed by atoms with van der Waals surface area (Å²) in [7, 11) is 0. The van der Waals surface area contributed by atoms with E-state index >= 15 is 0 Å². The lowest BCUT2D eigenvalue weighted by molar-refractivity contribution is 0.0696. The van der Waals surface area contributed by atoms with Crippen molar-refractivity contribution in [2.75, 3.05) is 5.32 Å². The van der Waals surface area contributed by atoms with Crippen molar-refractivity contribution in [3.63, 3.8) is 0 Å². The molecule has 4 nitrogen and oxygen atoms in total. The molecule has 0 fully saturated rings. The maximum atomic E-state index is 12.7. The molecule has 4 heteroatoms. The fourth-order valence-corrected chi connectivity index (χ4v) is 2.57. The van der Waals surface area contributed by atoms with E-state index in [2.05, 4.69) is 11.2 Å². The normalized spacial score (nSPS) is 9.96. The maximum Gasteiger partial charge on any atom is 0.335 e. The van der Waals surface area contributed by atoms with E-state index in [0.29, 0.717) is 11.3 Å². The number of carboxylic acids is 1. The number of carbonyl (C=O) groups is 2. The first-order valence-corrected chi connectivity index (χ1v) is 7.89. The lowest BCUT2D eigenvalue weighted by Crippen LogP contribution is -2.13. The lowest BCUT2D eigenvalue weighted by atomic mass is 9.98. The Hall–Kier alpha value is -3.84. The van der Waals surface area contributed by atoms with E-state index < -0.39 is 5.97 Å². The van der Waals surface area contributed by atoms with E-state index in [1.807, 2.05) is 12.1 Å². The largest absolute Gasteiger partial charge is 0.478 e. The van der Waals surface area contributed by atoms with Crippen molar-refractivity contribution in [1.82, 2.24) is 0 Å². The second kappa shape index (κ2) is 7.37. The van der Waals surface area contributed by atoms with Crippen LogP contribution in [0.25, 0.3) is 11.1 Å². The Kier molecular flexibility index (Phi) is 4.82. The molecule has 2 N–H and O–H groups in total. The third-order valence-electron chi connectivity index (χ3n) is 3.92. The van der Waals surface area contributed by atoms with Gasteiger partial charge in [-0.15, -0.1) is 6.42 Å². The summed E-state index contributed by atoms with van der Waals surface area (Å²) in [5.41, 5.74) is 3.57. The van der Waals surface area contributed by atoms with E-state index in [9.17, 15) is 9.59 Å². The molecule has 126 valence electrons. The van der Waals surface area contributed by atoms with Gasteiger partial charge in [0.2, 0.25) is 0 Å². The summed E-state index contributed by atoms with van der Waals surface area (Å²) in [4.78, 5) is 23.7. The molecule has 3 aromatic carbocycles. The smallest absolute Gasteiger partial charge is 0.335 e. The van der Waals surface area contributed by atoms with E-state index in [4.69, 9.17) is 11.5 Å². The molecule has 0 saturated carbocycles. The standard InChI is InChI=1S/C22H15NO3/c1-2-15-7-13-18(14-8-15)23-21(24)20-6-4-3-5-19(20)16-9-11-17(12-10-16)22(25)26/h1,3-14H,(H,23,24)(H,25,26). The molecule has 0 atom stereocenters. The van der Waals surface area contributed by atoms with Gasteiger partial charge in [-0.3, -0.25) is 4.79 Å². The third-order valence-corrected chi connectivity index (χ3v) is 3.92. The zero-order valence-electron chi connectivity index (χ0n) is 13.8. The van der Waals surface area contributed by atoms with E-state index in [1.54, 1.807) is 48.5 Å². The zero-order valence-corrected chi connectivity index (χ0v) is 13.8. The number of hydrogen-bond acceptors (Lipinski definition) is 2. The summed E-state index contributed by atoms with van der Waals surface area (Å²) in [5, 5.41) is 11.9. The van der Waals surface area contributed by atoms with Crippen molar-refractivity contribution in [3.8, 4) is 23.5 Å². The average Bonchev–Trinajstić information content (AvgIpc) is 2.68. The summed E-state index contributed by atoms with van der Waals surface area (Å²) in [6, 6.07) is 20.6. The van der Waals surface area contributed by atoms with Crippen LogP contribution >= 0.6 is 0 Å². The Morgan fingerprint density at radius 3 is 2.15 bits per heavy atom. The topological polar surface area (TPSA) is 66.4 Å². The summed E-state index contributed by atoms with van der Waals surface area (Å²) in [6.45, 7) is 0. The average molecular weight is 341 g/mol. The number of carbonyl (C=O) groups excluding carboxylic acids is 1. The van der Waals surface area contributed by atoms with Gasteiger partial charge in [0.1, 0.15) is 0 Å². The Morgan fingerprint density at radius 2 is 1.54 bits per heavy atom. The molecule has 1 amide bonds. The lowest BCUT2D eigenvalue weighted by Gasteiger charge is -2.11. The van der Waals surface area contributed by atoms with Gasteiger partial charge in [-0.05, 0) is 53.6 Å². The van der Waals surface area contributed by atoms with Gasteiger partial charge in [0.05, 0.1) is 5.56 Å². The second-order valence-corrected chi connectivity index (χ2v) is 5.60. The summed E-state index contributed by atoms with van der Waals surface area (Å²) < 4.78 is 0. The molecule has 0 unspecified atom stereocenters. The highest BCUT2D eigenvalue weighted by molar-refractivity contribution is 6.08. The van der Waals surface area contributed by atoms with Crippen LogP contribution in [0.4, 0.5) is 5.69 Å². The molecule has 3 rings (SSSR count). The van der Waals surface area contributed by atoms with E-state index in [-0.39, 0.29) is 11.5 Å². The van der Waals surface area contributed by atoms with Crippen molar-refractivity contribution in [2.45, 2.75) is 0 Å². The van der Waals surface area contributed by atoms with Crippen molar-refractivity contribution in [3.05, 3.63) is 89.5 Å². The van der Waals surface area contributed by atoms with Gasteiger partial charge in [-0.1, -0.05) is 36.3 Å². The highest BCUT2D eigenvalue weighted by Crippen LogP contribution is 2.25. The van der Waals surface area contributed by atoms with Crippen LogP contribution < -0.4 is 5.32 Å². The van der Waals surface area contributed by atoms with Gasteiger partial charge < -0.3 is 10.4 Å². The SMILES string of the molecule is C#Cc1ccc(NC(=O)c2ccccc2-c2ccc(C(=O)O)cc2)cc1. The van der Waals surface area contributed by atoms with Crippen LogP contribution in [0.3, 0.4) is 0 Å². The number of benzene rings is 3. The minimum Gasteiger partial charge on any atom is -0.478 e. The molecule has 0 aromatic heterocycles. The van der Waals surface area contributed by atoms with Crippen LogP contribution in [0.5, 0.6) is 0 Å². The molecule has 0 aliphatic carbocycles. The Bertz CT molecular complexity index is 997. The predicted octanol–water partition coefficient (Wildman–Crippen LogP) is 4.29. The number of anilines is 1. The number of carboxylic acid groups (broad SMARTS) is 1. The Labute approximate surface area is 151 Å². The maximum absolute atomic E-state index is 12.7. The number of hydrogen-bond donors (Lipinski definition) is 2. The highest BCUT2D eigenvalue weighted by atomic mass is 16.4. The van der Waals surface area contributed by atoms with Gasteiger partial charge in [0.15, 0.2) is 0 Å². The summed E-state index contributed by atoms with van der Waals surface area (Å²) in [6.07, 6.45) is 5.33. The molecular weight excluding hydrogens is 326 g/mol. The van der Waals surface area contributed by atoms with Crippen LogP contribution in [0.15, 0.2) is 72.8 Å². The number of aromatic carboxylic acids is 1. The van der Waals surface area contributed by atoms with Crippen LogP contribution in [0, 0.1) is 12.3 Å². The van der Waals surface area contributed by atoms with Crippen molar-refractivity contribution >= 4 is 17.6 Å². The monoisotopic (exact) mass is 341 g/mol. The Balaban J connectivity index is 1.89. The van der Waals surface area contributed by atoms with Crippen molar-refractivity contribution in [1.29, 1.82) is 0 Å². The fourth-order valence-electron chi connectivity index (χ4n) is 2.57. The Morgan fingerprint density at radius 1 is 0.885 bits per heavy atom. The predicted molar refractivity (Wildman–Crippen MR) is 101 cm³/mol. The van der Waals surface area contributed by atoms with Gasteiger partial charge in [-0.25, -0.2) is 4.79 Å². The van der Waals surface area contributed by atoms with Crippen LogP contribution in [0.1, 0.15) is 26.3 Å². The number of nitrogens with one attached hydrogen (secondary N) is 1. The fraction of sp³-hybridized carbons (Fsp3) is 0. The summed E-state index contributed by atoms with van der Waals surface area (Å²) >= 11 is 0. The van der Waals surface area contributed by atoms with Crippen LogP contribution in [-0.4, -0.2) is 17.0 Å². The van der Waals surface area contributed by atoms with Gasteiger partial charge >= 0.3 is 5.97 Å². The molecule has 0 aliphatic heterocycles. The number of amides is 1. The molecule has 3 aromatic rings. The van der Waals surface area contributed by atoms with Gasteiger partial charge in [-0.2, -0.15) is 0 Å². The highest BCUT2D eigenvalue weighted by Gasteiger charge is 2.13. The van der Waals surface area contributed by atoms with Crippen molar-refractivity contribution in [2.24, 2.45) is 0 Å². The third kappa shape index (κ3) is 3.63. The quantitative estimate of drug-likeness (QED) is 0.696. The first kappa shape index (κ1) is 17.0.